The number of aryl methyl sites for hydroxylation is 1. The Balaban J connectivity index is 2.56. The van der Waals surface area contributed by atoms with Gasteiger partial charge in [-0.05, 0) is 37.1 Å². The van der Waals surface area contributed by atoms with Gasteiger partial charge in [-0.15, -0.1) is 0 Å². The molecule has 5 heteroatoms. The molecule has 0 radical (unpaired) electrons. The second-order valence-corrected chi connectivity index (χ2v) is 3.83. The molecule has 0 spiro atoms. The lowest BCUT2D eigenvalue weighted by Crippen LogP contribution is -2.06. The van der Waals surface area contributed by atoms with Crippen LogP contribution in [0.25, 0.3) is 11.0 Å². The Bertz CT molecular complexity index is 516. The summed E-state index contributed by atoms with van der Waals surface area (Å²) in [5.74, 6) is 0. The van der Waals surface area contributed by atoms with E-state index in [0.29, 0.717) is 24.9 Å². The summed E-state index contributed by atoms with van der Waals surface area (Å²) in [6.45, 7) is 0.445. The average Bonchev–Trinajstić information content (AvgIpc) is 2.68. The maximum atomic E-state index is 12.8. The van der Waals surface area contributed by atoms with Gasteiger partial charge in [-0.3, -0.25) is 0 Å². The monoisotopic (exact) mass is 243 g/mol. The minimum atomic E-state index is -4.36. The molecule has 0 fully saturated rings. The lowest BCUT2D eigenvalue weighted by molar-refractivity contribution is -0.136. The Kier molecular flexibility index (Phi) is 3.11. The van der Waals surface area contributed by atoms with Crippen LogP contribution in [-0.2, 0) is 12.6 Å². The van der Waals surface area contributed by atoms with Gasteiger partial charge in [0.15, 0.2) is 0 Å². The molecule has 0 atom stereocenters. The molecule has 0 unspecified atom stereocenters. The first-order chi connectivity index (χ1) is 8.04. The molecule has 0 saturated heterocycles. The molecular weight excluding hydrogens is 231 g/mol. The van der Waals surface area contributed by atoms with Crippen molar-refractivity contribution in [1.82, 2.24) is 0 Å². The maximum absolute atomic E-state index is 12.8. The molecule has 17 heavy (non-hydrogen) atoms. The first-order valence-electron chi connectivity index (χ1n) is 5.30. The highest BCUT2D eigenvalue weighted by Crippen LogP contribution is 2.37. The second-order valence-electron chi connectivity index (χ2n) is 3.83. The third-order valence-electron chi connectivity index (χ3n) is 2.63. The predicted molar refractivity (Wildman–Crippen MR) is 58.6 cm³/mol. The molecule has 92 valence electrons. The van der Waals surface area contributed by atoms with Crippen molar-refractivity contribution in [2.45, 2.75) is 19.0 Å². The van der Waals surface area contributed by atoms with Gasteiger partial charge in [0, 0.05) is 5.39 Å². The average molecular weight is 243 g/mol. The summed E-state index contributed by atoms with van der Waals surface area (Å²) in [5.41, 5.74) is 5.56. The van der Waals surface area contributed by atoms with Crippen molar-refractivity contribution in [2.24, 2.45) is 5.73 Å². The Morgan fingerprint density at radius 1 is 1.24 bits per heavy atom. The Hall–Kier alpha value is -1.49. The van der Waals surface area contributed by atoms with Crippen LogP contribution in [0.5, 0.6) is 0 Å². The van der Waals surface area contributed by atoms with Gasteiger partial charge in [0.1, 0.15) is 5.58 Å². The fourth-order valence-electron chi connectivity index (χ4n) is 1.87. The third kappa shape index (κ3) is 2.29. The van der Waals surface area contributed by atoms with E-state index >= 15 is 0 Å². The molecule has 2 N–H and O–H groups in total. The van der Waals surface area contributed by atoms with Crippen LogP contribution >= 0.6 is 0 Å². The first-order valence-corrected chi connectivity index (χ1v) is 5.30. The summed E-state index contributed by atoms with van der Waals surface area (Å²) in [6, 6.07) is 3.96. The van der Waals surface area contributed by atoms with E-state index in [4.69, 9.17) is 10.2 Å². The van der Waals surface area contributed by atoms with Crippen LogP contribution in [0.3, 0.4) is 0 Å². The van der Waals surface area contributed by atoms with E-state index in [1.54, 1.807) is 0 Å². The van der Waals surface area contributed by atoms with Crippen LogP contribution in [0.2, 0.25) is 0 Å². The highest BCUT2D eigenvalue weighted by molar-refractivity contribution is 5.85. The van der Waals surface area contributed by atoms with Gasteiger partial charge in [0.25, 0.3) is 0 Å². The highest BCUT2D eigenvalue weighted by Gasteiger charge is 2.33. The van der Waals surface area contributed by atoms with Gasteiger partial charge in [-0.2, -0.15) is 13.2 Å². The summed E-state index contributed by atoms with van der Waals surface area (Å²) >= 11 is 0. The van der Waals surface area contributed by atoms with Crippen LogP contribution in [-0.4, -0.2) is 6.54 Å². The summed E-state index contributed by atoms with van der Waals surface area (Å²) in [5, 5.41) is 0.161. The zero-order valence-electron chi connectivity index (χ0n) is 9.05. The topological polar surface area (TPSA) is 39.2 Å². The Morgan fingerprint density at radius 3 is 2.65 bits per heavy atom. The summed E-state index contributed by atoms with van der Waals surface area (Å²) in [4.78, 5) is 0. The van der Waals surface area contributed by atoms with Crippen molar-refractivity contribution < 1.29 is 17.6 Å². The zero-order valence-corrected chi connectivity index (χ0v) is 9.05. The zero-order chi connectivity index (χ0) is 12.5. The van der Waals surface area contributed by atoms with Crippen LogP contribution < -0.4 is 5.73 Å². The number of hydrogen-bond donors (Lipinski definition) is 1. The summed E-state index contributed by atoms with van der Waals surface area (Å²) in [6.07, 6.45) is -1.84. The Morgan fingerprint density at radius 2 is 2.00 bits per heavy atom. The van der Waals surface area contributed by atoms with Crippen molar-refractivity contribution >= 4 is 11.0 Å². The number of hydrogen-bond acceptors (Lipinski definition) is 2. The maximum Gasteiger partial charge on any atom is 0.417 e. The quantitative estimate of drug-likeness (QED) is 0.897. The van der Waals surface area contributed by atoms with Crippen molar-refractivity contribution in [2.75, 3.05) is 6.54 Å². The Labute approximate surface area is 96.2 Å². The second kappa shape index (κ2) is 4.41. The minimum absolute atomic E-state index is 0.161. The molecule has 2 nitrogen and oxygen atoms in total. The number of furan rings is 1. The molecule has 0 aliphatic rings. The smallest absolute Gasteiger partial charge is 0.417 e. The molecule has 0 amide bonds. The number of halogens is 3. The number of rotatable bonds is 3. The molecule has 0 aliphatic carbocycles. The number of nitrogens with two attached hydrogens (primary N) is 1. The largest absolute Gasteiger partial charge is 0.464 e. The van der Waals surface area contributed by atoms with E-state index in [1.807, 2.05) is 0 Å². The number of alkyl halides is 3. The van der Waals surface area contributed by atoms with Crippen LogP contribution in [0.1, 0.15) is 17.5 Å². The lowest BCUT2D eigenvalue weighted by atomic mass is 10.0. The normalized spacial score (nSPS) is 12.2. The third-order valence-corrected chi connectivity index (χ3v) is 2.63. The van der Waals surface area contributed by atoms with Crippen LogP contribution in [0.15, 0.2) is 28.9 Å². The molecule has 2 rings (SSSR count). The van der Waals surface area contributed by atoms with Crippen LogP contribution in [0, 0.1) is 0 Å². The predicted octanol–water partition coefficient (Wildman–Crippen LogP) is 3.34. The van der Waals surface area contributed by atoms with Crippen LogP contribution in [0.4, 0.5) is 13.2 Å². The highest BCUT2D eigenvalue weighted by atomic mass is 19.4. The van der Waals surface area contributed by atoms with E-state index < -0.39 is 11.7 Å². The number of fused-ring (bicyclic) bond motifs is 1. The van der Waals surface area contributed by atoms with E-state index in [9.17, 15) is 13.2 Å². The summed E-state index contributed by atoms with van der Waals surface area (Å²) in [7, 11) is 0. The minimum Gasteiger partial charge on any atom is -0.464 e. The van der Waals surface area contributed by atoms with E-state index in [-0.39, 0.29) is 11.0 Å². The van der Waals surface area contributed by atoms with Crippen molar-refractivity contribution in [3.05, 3.63) is 35.6 Å². The van der Waals surface area contributed by atoms with Gasteiger partial charge in [-0.1, -0.05) is 6.07 Å². The molecule has 0 saturated carbocycles. The standard InChI is InChI=1S/C12H12F3NO/c13-12(14,15)9-4-1-5-10-11(9)8(7-17-10)3-2-6-16/h1,4-5,7H,2-3,6,16H2. The molecule has 1 aromatic carbocycles. The fourth-order valence-corrected chi connectivity index (χ4v) is 1.87. The van der Waals surface area contributed by atoms with Gasteiger partial charge in [0.05, 0.1) is 11.8 Å². The number of benzene rings is 1. The van der Waals surface area contributed by atoms with Gasteiger partial charge >= 0.3 is 6.18 Å². The van der Waals surface area contributed by atoms with Gasteiger partial charge in [0.2, 0.25) is 0 Å². The van der Waals surface area contributed by atoms with E-state index in [2.05, 4.69) is 0 Å². The molecule has 0 bridgehead atoms. The fraction of sp³-hybridized carbons (Fsp3) is 0.333. The summed E-state index contributed by atoms with van der Waals surface area (Å²) < 4.78 is 43.6. The van der Waals surface area contributed by atoms with Crippen molar-refractivity contribution in [3.63, 3.8) is 0 Å². The van der Waals surface area contributed by atoms with Crippen molar-refractivity contribution in [1.29, 1.82) is 0 Å². The van der Waals surface area contributed by atoms with Crippen molar-refractivity contribution in [3.8, 4) is 0 Å². The lowest BCUT2D eigenvalue weighted by Gasteiger charge is -2.08. The van der Waals surface area contributed by atoms with E-state index in [1.165, 1.54) is 18.4 Å². The van der Waals surface area contributed by atoms with Gasteiger partial charge < -0.3 is 10.2 Å². The molecule has 1 heterocycles. The first kappa shape index (κ1) is 12.0. The molecule has 0 aliphatic heterocycles. The van der Waals surface area contributed by atoms with E-state index in [0.717, 1.165) is 6.07 Å². The molecule has 1 aromatic heterocycles. The molecular formula is C12H12F3NO. The molecule has 2 aromatic rings. The van der Waals surface area contributed by atoms with Gasteiger partial charge in [-0.25, -0.2) is 0 Å². The SMILES string of the molecule is NCCCc1coc2cccc(C(F)(F)F)c12.